The fourth-order valence-corrected chi connectivity index (χ4v) is 4.98. The Morgan fingerprint density at radius 2 is 1.93 bits per heavy atom. The summed E-state index contributed by atoms with van der Waals surface area (Å²) in [5, 5.41) is 0. The number of likely N-dealkylation sites (tertiary alicyclic amines) is 1. The van der Waals surface area contributed by atoms with Crippen molar-refractivity contribution in [3.63, 3.8) is 0 Å². The molecule has 0 unspecified atom stereocenters. The fourth-order valence-electron chi connectivity index (χ4n) is 3.64. The van der Waals surface area contributed by atoms with Crippen LogP contribution in [0.1, 0.15) is 18.6 Å². The highest BCUT2D eigenvalue weighted by molar-refractivity contribution is 8.01. The van der Waals surface area contributed by atoms with Crippen LogP contribution in [0.5, 0.6) is 5.75 Å². The number of furan rings is 1. The van der Waals surface area contributed by atoms with Crippen LogP contribution < -0.4 is 4.74 Å². The molecular weight excluding hydrogens is 364 g/mol. The third-order valence-corrected chi connectivity index (χ3v) is 6.71. The highest BCUT2D eigenvalue weighted by atomic mass is 32.2. The summed E-state index contributed by atoms with van der Waals surface area (Å²) in [4.78, 5) is 28.4. The van der Waals surface area contributed by atoms with Crippen LogP contribution in [-0.2, 0) is 16.1 Å². The van der Waals surface area contributed by atoms with Crippen LogP contribution >= 0.6 is 11.8 Å². The van der Waals surface area contributed by atoms with E-state index in [0.29, 0.717) is 31.1 Å². The van der Waals surface area contributed by atoms with Crippen molar-refractivity contribution in [2.75, 3.05) is 25.4 Å². The lowest BCUT2D eigenvalue weighted by molar-refractivity contribution is -0.137. The van der Waals surface area contributed by atoms with Crippen LogP contribution in [0.3, 0.4) is 0 Å². The topological polar surface area (TPSA) is 63.0 Å². The van der Waals surface area contributed by atoms with Crippen molar-refractivity contribution in [1.82, 2.24) is 9.80 Å². The molecule has 1 aromatic carbocycles. The summed E-state index contributed by atoms with van der Waals surface area (Å²) in [5.41, 5.74) is 0. The molecule has 2 aromatic rings. The third kappa shape index (κ3) is 3.83. The molecule has 3 heterocycles. The summed E-state index contributed by atoms with van der Waals surface area (Å²) in [7, 11) is 0. The van der Waals surface area contributed by atoms with Crippen molar-refractivity contribution in [3.8, 4) is 5.75 Å². The number of ether oxygens (including phenoxy) is 1. The minimum Gasteiger partial charge on any atom is -0.484 e. The first kappa shape index (κ1) is 18.0. The summed E-state index contributed by atoms with van der Waals surface area (Å²) in [6, 6.07) is 13.1. The van der Waals surface area contributed by atoms with Gasteiger partial charge in [0.15, 0.2) is 6.61 Å². The average Bonchev–Trinajstić information content (AvgIpc) is 3.32. The first-order valence-electron chi connectivity index (χ1n) is 9.09. The summed E-state index contributed by atoms with van der Waals surface area (Å²) in [6.07, 6.45) is 3.16. The Kier molecular flexibility index (Phi) is 5.11. The van der Waals surface area contributed by atoms with Gasteiger partial charge in [-0.2, -0.15) is 0 Å². The Morgan fingerprint density at radius 1 is 1.15 bits per heavy atom. The van der Waals surface area contributed by atoms with Crippen molar-refractivity contribution < 1.29 is 18.7 Å². The molecule has 0 radical (unpaired) electrons. The predicted molar refractivity (Wildman–Crippen MR) is 102 cm³/mol. The Balaban J connectivity index is 1.34. The number of nitrogens with zero attached hydrogens (tertiary/aromatic N) is 2. The lowest BCUT2D eigenvalue weighted by atomic mass is 10.0. The number of para-hydroxylation sites is 1. The van der Waals surface area contributed by atoms with E-state index in [1.54, 1.807) is 18.0 Å². The van der Waals surface area contributed by atoms with Gasteiger partial charge in [0.2, 0.25) is 5.91 Å². The van der Waals surface area contributed by atoms with Gasteiger partial charge in [-0.3, -0.25) is 9.59 Å². The van der Waals surface area contributed by atoms with Crippen LogP contribution in [-0.4, -0.2) is 51.9 Å². The predicted octanol–water partition coefficient (Wildman–Crippen LogP) is 2.75. The number of thioether (sulfide) groups is 1. The molecule has 7 heteroatoms. The van der Waals surface area contributed by atoms with Crippen LogP contribution in [0.4, 0.5) is 0 Å². The molecule has 0 atom stereocenters. The van der Waals surface area contributed by atoms with Gasteiger partial charge in [-0.25, -0.2) is 0 Å². The number of hydrogen-bond acceptors (Lipinski definition) is 5. The molecule has 2 saturated heterocycles. The molecule has 27 heavy (non-hydrogen) atoms. The second-order valence-electron chi connectivity index (χ2n) is 6.78. The monoisotopic (exact) mass is 386 g/mol. The second-order valence-corrected chi connectivity index (χ2v) is 8.11. The van der Waals surface area contributed by atoms with E-state index in [1.165, 1.54) is 0 Å². The zero-order valence-electron chi connectivity index (χ0n) is 15.0. The third-order valence-electron chi connectivity index (χ3n) is 5.15. The van der Waals surface area contributed by atoms with Crippen LogP contribution in [0.15, 0.2) is 53.1 Å². The van der Waals surface area contributed by atoms with Gasteiger partial charge >= 0.3 is 0 Å². The first-order chi connectivity index (χ1) is 13.2. The molecule has 0 N–H and O–H groups in total. The zero-order chi connectivity index (χ0) is 18.7. The van der Waals surface area contributed by atoms with Crippen molar-refractivity contribution in [2.24, 2.45) is 0 Å². The standard InChI is InChI=1S/C20H22N2O4S/c23-18(14-26-16-5-2-1-3-6-16)21-10-8-20(9-11-21)22(19(24)15-27-20)13-17-7-4-12-25-17/h1-7,12H,8-11,13-15H2. The van der Waals surface area contributed by atoms with E-state index in [-0.39, 0.29) is 23.3 Å². The lowest BCUT2D eigenvalue weighted by Crippen LogP contribution is -2.53. The van der Waals surface area contributed by atoms with Crippen LogP contribution in [0.2, 0.25) is 0 Å². The van der Waals surface area contributed by atoms with E-state index in [1.807, 2.05) is 52.3 Å². The van der Waals surface area contributed by atoms with Crippen LogP contribution in [0.25, 0.3) is 0 Å². The molecule has 2 aliphatic rings. The van der Waals surface area contributed by atoms with Crippen molar-refractivity contribution in [1.29, 1.82) is 0 Å². The number of carbonyl (C=O) groups excluding carboxylic acids is 2. The van der Waals surface area contributed by atoms with E-state index < -0.39 is 0 Å². The molecule has 1 spiro atoms. The molecule has 0 aliphatic carbocycles. The van der Waals surface area contributed by atoms with Gasteiger partial charge in [0.1, 0.15) is 11.5 Å². The number of piperidine rings is 1. The summed E-state index contributed by atoms with van der Waals surface area (Å²) in [6.45, 7) is 1.79. The molecule has 2 fully saturated rings. The average molecular weight is 386 g/mol. The minimum atomic E-state index is -0.235. The molecule has 2 amide bonds. The van der Waals surface area contributed by atoms with Gasteiger partial charge in [0.25, 0.3) is 5.91 Å². The molecule has 4 rings (SSSR count). The zero-order valence-corrected chi connectivity index (χ0v) is 15.8. The van der Waals surface area contributed by atoms with E-state index in [0.717, 1.165) is 18.6 Å². The van der Waals surface area contributed by atoms with Gasteiger partial charge < -0.3 is 19.0 Å². The van der Waals surface area contributed by atoms with Crippen molar-refractivity contribution >= 4 is 23.6 Å². The molecule has 2 aliphatic heterocycles. The molecule has 142 valence electrons. The number of benzene rings is 1. The maximum absolute atomic E-state index is 12.5. The van der Waals surface area contributed by atoms with Gasteiger partial charge in [-0.15, -0.1) is 11.8 Å². The number of amides is 2. The largest absolute Gasteiger partial charge is 0.484 e. The van der Waals surface area contributed by atoms with Gasteiger partial charge in [-0.1, -0.05) is 18.2 Å². The summed E-state index contributed by atoms with van der Waals surface area (Å²) >= 11 is 1.69. The Labute approximate surface area is 162 Å². The second kappa shape index (κ2) is 7.68. The highest BCUT2D eigenvalue weighted by Crippen LogP contribution is 2.45. The summed E-state index contributed by atoms with van der Waals surface area (Å²) < 4.78 is 11.0. The normalized spacial score (nSPS) is 18.9. The maximum atomic E-state index is 12.5. The van der Waals surface area contributed by atoms with E-state index in [2.05, 4.69) is 0 Å². The Bertz CT molecular complexity index is 786. The quantitative estimate of drug-likeness (QED) is 0.791. The van der Waals surface area contributed by atoms with Gasteiger partial charge in [-0.05, 0) is 37.1 Å². The Hall–Kier alpha value is -2.41. The fraction of sp³-hybridized carbons (Fsp3) is 0.400. The first-order valence-corrected chi connectivity index (χ1v) is 10.1. The van der Waals surface area contributed by atoms with E-state index in [9.17, 15) is 9.59 Å². The van der Waals surface area contributed by atoms with Gasteiger partial charge in [0.05, 0.1) is 23.4 Å². The molecule has 0 saturated carbocycles. The SMILES string of the molecule is O=C(COc1ccccc1)N1CCC2(CC1)SCC(=O)N2Cc1ccco1. The highest BCUT2D eigenvalue weighted by Gasteiger charge is 2.48. The maximum Gasteiger partial charge on any atom is 0.260 e. The molecule has 0 bridgehead atoms. The molecule has 1 aromatic heterocycles. The van der Waals surface area contributed by atoms with E-state index >= 15 is 0 Å². The van der Waals surface area contributed by atoms with Crippen LogP contribution in [0, 0.1) is 0 Å². The van der Waals surface area contributed by atoms with E-state index in [4.69, 9.17) is 9.15 Å². The van der Waals surface area contributed by atoms with Crippen molar-refractivity contribution in [2.45, 2.75) is 24.3 Å². The Morgan fingerprint density at radius 3 is 2.63 bits per heavy atom. The molecule has 6 nitrogen and oxygen atoms in total. The number of carbonyl (C=O) groups is 2. The summed E-state index contributed by atoms with van der Waals surface area (Å²) in [5.74, 6) is 2.11. The number of hydrogen-bond donors (Lipinski definition) is 0. The number of rotatable bonds is 5. The minimum absolute atomic E-state index is 0.0133. The smallest absolute Gasteiger partial charge is 0.260 e. The van der Waals surface area contributed by atoms with Gasteiger partial charge in [0, 0.05) is 13.1 Å². The lowest BCUT2D eigenvalue weighted by Gasteiger charge is -2.43. The van der Waals surface area contributed by atoms with Crippen molar-refractivity contribution in [3.05, 3.63) is 54.5 Å². The molecular formula is C20H22N2O4S.